The number of phosphoric acid groups is 1. The third kappa shape index (κ3) is 4.31. The maximum absolute atomic E-state index is 11.0. The van der Waals surface area contributed by atoms with Crippen LogP contribution in [0.4, 0.5) is 5.69 Å². The van der Waals surface area contributed by atoms with E-state index in [1.54, 1.807) is 12.1 Å². The van der Waals surface area contributed by atoms with Gasteiger partial charge in [0, 0.05) is 11.6 Å². The van der Waals surface area contributed by atoms with Crippen LogP contribution in [0.5, 0.6) is 5.75 Å². The van der Waals surface area contributed by atoms with E-state index in [9.17, 15) is 4.57 Å². The first-order valence-corrected chi connectivity index (χ1v) is 11.1. The van der Waals surface area contributed by atoms with Gasteiger partial charge in [0.05, 0.1) is 11.2 Å². The largest absolute Gasteiger partial charge is 0.524 e. The molecule has 0 amide bonds. The van der Waals surface area contributed by atoms with Crippen molar-refractivity contribution in [2.45, 2.75) is 26.7 Å². The molecule has 0 bridgehead atoms. The lowest BCUT2D eigenvalue weighted by Crippen LogP contribution is -1.98. The van der Waals surface area contributed by atoms with Gasteiger partial charge < -0.3 is 10.3 Å². The zero-order valence-corrected chi connectivity index (χ0v) is 17.7. The van der Waals surface area contributed by atoms with Crippen molar-refractivity contribution in [1.29, 1.82) is 0 Å². The Morgan fingerprint density at radius 3 is 2.53 bits per heavy atom. The number of nitrogens with two attached hydrogens (primary N) is 1. The highest BCUT2D eigenvalue weighted by Crippen LogP contribution is 2.38. The Balaban J connectivity index is 1.62. The van der Waals surface area contributed by atoms with Crippen LogP contribution in [-0.4, -0.2) is 14.8 Å². The second-order valence-corrected chi connectivity index (χ2v) is 8.76. The molecule has 7 heteroatoms. The van der Waals surface area contributed by atoms with E-state index in [2.05, 4.69) is 40.7 Å². The molecule has 4 rings (SSSR count). The molecule has 0 aliphatic rings. The van der Waals surface area contributed by atoms with E-state index in [-0.39, 0.29) is 5.75 Å². The predicted octanol–water partition coefficient (Wildman–Crippen LogP) is 4.84. The van der Waals surface area contributed by atoms with Crippen molar-refractivity contribution in [3.8, 4) is 5.75 Å². The smallest absolute Gasteiger partial charge is 0.404 e. The Bertz CT molecular complexity index is 1310. The molecule has 0 radical (unpaired) electrons. The molecule has 0 fully saturated rings. The van der Waals surface area contributed by atoms with Gasteiger partial charge in [-0.15, -0.1) is 0 Å². The molecule has 6 nitrogen and oxygen atoms in total. The fraction of sp³-hybridized carbons (Fsp3) is 0.174. The number of aromatic nitrogens is 1. The third-order valence-electron chi connectivity index (χ3n) is 5.25. The van der Waals surface area contributed by atoms with Crippen molar-refractivity contribution in [2.24, 2.45) is 0 Å². The van der Waals surface area contributed by atoms with Gasteiger partial charge >= 0.3 is 7.82 Å². The van der Waals surface area contributed by atoms with Crippen LogP contribution < -0.4 is 10.3 Å². The van der Waals surface area contributed by atoms with E-state index in [1.165, 1.54) is 5.56 Å². The summed E-state index contributed by atoms with van der Waals surface area (Å²) in [5, 5.41) is 3.29. The average Bonchev–Trinajstić information content (AvgIpc) is 2.66. The second kappa shape index (κ2) is 7.73. The van der Waals surface area contributed by atoms with Crippen LogP contribution in [0.3, 0.4) is 0 Å². The quantitative estimate of drug-likeness (QED) is 0.241. The maximum Gasteiger partial charge on any atom is 0.524 e. The highest BCUT2D eigenvalue weighted by molar-refractivity contribution is 7.46. The van der Waals surface area contributed by atoms with Crippen LogP contribution in [0.15, 0.2) is 54.7 Å². The zero-order valence-electron chi connectivity index (χ0n) is 16.8. The van der Waals surface area contributed by atoms with E-state index in [0.29, 0.717) is 5.69 Å². The molecule has 1 heterocycles. The normalized spacial score (nSPS) is 11.9. The highest BCUT2D eigenvalue weighted by Gasteiger charge is 2.16. The van der Waals surface area contributed by atoms with Gasteiger partial charge in [-0.3, -0.25) is 14.8 Å². The number of nitrogens with zero attached hydrogens (tertiary/aromatic N) is 1. The van der Waals surface area contributed by atoms with Gasteiger partial charge in [0.1, 0.15) is 5.75 Å². The number of aryl methyl sites for hydroxylation is 4. The number of fused-ring (bicyclic) bond motifs is 3. The maximum atomic E-state index is 11.0. The molecule has 0 aliphatic heterocycles. The van der Waals surface area contributed by atoms with Crippen LogP contribution in [0.1, 0.15) is 22.3 Å². The highest BCUT2D eigenvalue weighted by atomic mass is 31.2. The summed E-state index contributed by atoms with van der Waals surface area (Å²) in [4.78, 5) is 22.5. The summed E-state index contributed by atoms with van der Waals surface area (Å²) in [5.41, 5.74) is 12.0. The molecule has 0 saturated carbocycles. The number of nitrogen functional groups attached to an aromatic ring is 1. The summed E-state index contributed by atoms with van der Waals surface area (Å²) in [7, 11) is -4.56. The third-order valence-corrected chi connectivity index (χ3v) is 5.70. The van der Waals surface area contributed by atoms with Crippen molar-refractivity contribution >= 4 is 35.2 Å². The minimum absolute atomic E-state index is 0.161. The molecule has 4 aromatic rings. The molecule has 0 saturated heterocycles. The summed E-state index contributed by atoms with van der Waals surface area (Å²) in [6.45, 7) is 3.96. The monoisotopic (exact) mass is 422 g/mol. The Morgan fingerprint density at radius 1 is 1.00 bits per heavy atom. The minimum atomic E-state index is -4.56. The number of pyridine rings is 1. The lowest BCUT2D eigenvalue weighted by atomic mass is 9.98. The molecular formula is C23H23N2O4P. The average molecular weight is 422 g/mol. The minimum Gasteiger partial charge on any atom is -0.404 e. The molecule has 0 aliphatic carbocycles. The molecule has 4 N–H and O–H groups in total. The van der Waals surface area contributed by atoms with Crippen LogP contribution in [0.25, 0.3) is 21.7 Å². The molecule has 154 valence electrons. The van der Waals surface area contributed by atoms with Crippen LogP contribution in [-0.2, 0) is 17.4 Å². The summed E-state index contributed by atoms with van der Waals surface area (Å²) in [5.74, 6) is 0.161. The van der Waals surface area contributed by atoms with E-state index < -0.39 is 7.82 Å². The van der Waals surface area contributed by atoms with Gasteiger partial charge in [-0.05, 0) is 78.4 Å². The van der Waals surface area contributed by atoms with Crippen molar-refractivity contribution in [2.75, 3.05) is 5.73 Å². The van der Waals surface area contributed by atoms with E-state index in [1.807, 2.05) is 25.3 Å². The standard InChI is InChI=1S/C23H23N2O4P/c1-14-3-8-20-18(9-14)12-22(24)23-21(20)11-16(13-25-23)4-5-17-6-7-19(10-15(17)2)29-30(26,27)28/h3,6-13H,4-5,24H2,1-2H3,(H2,26,27,28). The number of phosphoric ester groups is 1. The van der Waals surface area contributed by atoms with Crippen LogP contribution in [0.2, 0.25) is 0 Å². The van der Waals surface area contributed by atoms with E-state index in [4.69, 9.17) is 15.5 Å². The lowest BCUT2D eigenvalue weighted by Gasteiger charge is -2.12. The summed E-state index contributed by atoms with van der Waals surface area (Å²) >= 11 is 0. The Morgan fingerprint density at radius 2 is 1.80 bits per heavy atom. The molecule has 0 spiro atoms. The molecule has 0 atom stereocenters. The summed E-state index contributed by atoms with van der Waals surface area (Å²) < 4.78 is 15.7. The molecule has 30 heavy (non-hydrogen) atoms. The zero-order chi connectivity index (χ0) is 21.5. The van der Waals surface area contributed by atoms with Crippen molar-refractivity contribution in [3.63, 3.8) is 0 Å². The van der Waals surface area contributed by atoms with Crippen molar-refractivity contribution < 1.29 is 18.9 Å². The summed E-state index contributed by atoms with van der Waals surface area (Å²) in [6, 6.07) is 15.5. The molecule has 0 unspecified atom stereocenters. The van der Waals surface area contributed by atoms with Crippen molar-refractivity contribution in [3.05, 3.63) is 77.0 Å². The first kappa shape index (κ1) is 20.4. The number of hydrogen-bond donors (Lipinski definition) is 3. The molecule has 1 aromatic heterocycles. The fourth-order valence-corrected chi connectivity index (χ4v) is 4.17. The van der Waals surface area contributed by atoms with Gasteiger partial charge in [0.2, 0.25) is 0 Å². The van der Waals surface area contributed by atoms with Crippen molar-refractivity contribution in [1.82, 2.24) is 4.98 Å². The first-order chi connectivity index (χ1) is 14.2. The number of benzene rings is 3. The van der Waals surface area contributed by atoms with Gasteiger partial charge in [-0.1, -0.05) is 29.8 Å². The van der Waals surface area contributed by atoms with Gasteiger partial charge in [0.25, 0.3) is 0 Å². The first-order valence-electron chi connectivity index (χ1n) is 9.62. The second-order valence-electron chi connectivity index (χ2n) is 7.60. The van der Waals surface area contributed by atoms with Gasteiger partial charge in [-0.2, -0.15) is 0 Å². The predicted molar refractivity (Wildman–Crippen MR) is 120 cm³/mol. The van der Waals surface area contributed by atoms with Crippen LogP contribution >= 0.6 is 7.82 Å². The topological polar surface area (TPSA) is 106 Å². The Labute approximate surface area is 174 Å². The van der Waals surface area contributed by atoms with Gasteiger partial charge in [-0.25, -0.2) is 4.57 Å². The molecule has 3 aromatic carbocycles. The Kier molecular flexibility index (Phi) is 5.24. The SMILES string of the molecule is Cc1ccc2c(c1)cc(N)c1ncc(CCc3ccc(OP(=O)(O)O)cc3C)cc12. The van der Waals surface area contributed by atoms with Gasteiger partial charge in [0.15, 0.2) is 0 Å². The lowest BCUT2D eigenvalue weighted by molar-refractivity contribution is 0.283. The van der Waals surface area contributed by atoms with Crippen LogP contribution in [0, 0.1) is 13.8 Å². The number of rotatable bonds is 5. The number of anilines is 1. The van der Waals surface area contributed by atoms with E-state index >= 15 is 0 Å². The van der Waals surface area contributed by atoms with E-state index in [0.717, 1.165) is 51.2 Å². The Hall–Kier alpha value is -2.92. The fourth-order valence-electron chi connectivity index (χ4n) is 3.78. The summed E-state index contributed by atoms with van der Waals surface area (Å²) in [6.07, 6.45) is 3.42. The number of hydrogen-bond acceptors (Lipinski definition) is 4. The molecular weight excluding hydrogens is 399 g/mol.